The van der Waals surface area contributed by atoms with Crippen LogP contribution in [0.25, 0.3) is 0 Å². The Morgan fingerprint density at radius 1 is 1.31 bits per heavy atom. The molecule has 0 rings (SSSR count). The summed E-state index contributed by atoms with van der Waals surface area (Å²) in [4.78, 5) is 9.70. The van der Waals surface area contributed by atoms with Gasteiger partial charge in [0.25, 0.3) is 0 Å². The summed E-state index contributed by atoms with van der Waals surface area (Å²) < 4.78 is 0. The predicted molar refractivity (Wildman–Crippen MR) is 46.1 cm³/mol. The number of rotatable bonds is 5. The van der Waals surface area contributed by atoms with Crippen LogP contribution < -0.4 is 5.73 Å². The van der Waals surface area contributed by atoms with Crippen LogP contribution in [0.3, 0.4) is 0 Å². The van der Waals surface area contributed by atoms with E-state index < -0.39 is 12.1 Å². The predicted octanol–water partition coefficient (Wildman–Crippen LogP) is -1.86. The molecule has 0 unspecified atom stereocenters. The van der Waals surface area contributed by atoms with Gasteiger partial charge >= 0.3 is 5.97 Å². The molecule has 0 saturated heterocycles. The van der Waals surface area contributed by atoms with Crippen molar-refractivity contribution in [2.24, 2.45) is 5.73 Å². The number of aliphatic hydroxyl groups excluding tert-OH is 3. The van der Waals surface area contributed by atoms with Crippen molar-refractivity contribution in [2.45, 2.75) is 18.9 Å². The second-order valence-corrected chi connectivity index (χ2v) is 2.30. The summed E-state index contributed by atoms with van der Waals surface area (Å²) in [5, 5.41) is 32.0. The molecule has 0 aromatic heterocycles. The van der Waals surface area contributed by atoms with Gasteiger partial charge in [-0.15, -0.1) is 0 Å². The van der Waals surface area contributed by atoms with Crippen molar-refractivity contribution in [3.63, 3.8) is 0 Å². The van der Waals surface area contributed by atoms with Crippen LogP contribution in [0.4, 0.5) is 0 Å². The van der Waals surface area contributed by atoms with E-state index in [1.165, 1.54) is 0 Å². The summed E-state index contributed by atoms with van der Waals surface area (Å²) in [6.07, 6.45) is -0.184. The van der Waals surface area contributed by atoms with E-state index in [4.69, 9.17) is 26.2 Å². The minimum Gasteiger partial charge on any atom is -0.481 e. The molecule has 0 heterocycles. The van der Waals surface area contributed by atoms with Gasteiger partial charge < -0.3 is 26.2 Å². The van der Waals surface area contributed by atoms with E-state index in [2.05, 4.69) is 0 Å². The Balaban J connectivity index is 0. The first-order chi connectivity index (χ1) is 6.08. The molecule has 0 spiro atoms. The number of hydrogen-bond donors (Lipinski definition) is 5. The maximum atomic E-state index is 9.70. The zero-order valence-electron chi connectivity index (χ0n) is 7.39. The number of carboxylic acids is 1. The molecule has 6 heteroatoms. The Kier molecular flexibility index (Phi) is 12.9. The Bertz CT molecular complexity index is 115. The van der Waals surface area contributed by atoms with Crippen LogP contribution in [-0.4, -0.2) is 52.3 Å². The van der Waals surface area contributed by atoms with Crippen molar-refractivity contribution in [3.8, 4) is 0 Å². The molecule has 0 aromatic carbocycles. The molecule has 6 nitrogen and oxygen atoms in total. The van der Waals surface area contributed by atoms with Crippen molar-refractivity contribution < 1.29 is 25.2 Å². The lowest BCUT2D eigenvalue weighted by atomic mass is 10.3. The quantitative estimate of drug-likeness (QED) is 0.350. The molecule has 0 aromatic rings. The third kappa shape index (κ3) is 18.3. The van der Waals surface area contributed by atoms with Crippen molar-refractivity contribution in [3.05, 3.63) is 0 Å². The van der Waals surface area contributed by atoms with Gasteiger partial charge in [-0.25, -0.2) is 0 Å². The zero-order chi connectivity index (χ0) is 10.7. The smallest absolute Gasteiger partial charge is 0.303 e. The van der Waals surface area contributed by atoms with Gasteiger partial charge in [-0.05, 0) is 13.0 Å². The summed E-state index contributed by atoms with van der Waals surface area (Å²) in [7, 11) is 0. The van der Waals surface area contributed by atoms with Gasteiger partial charge in [0.2, 0.25) is 0 Å². The van der Waals surface area contributed by atoms with Gasteiger partial charge in [-0.2, -0.15) is 0 Å². The molecule has 0 atom stereocenters. The highest BCUT2D eigenvalue weighted by Crippen LogP contribution is 1.82. The summed E-state index contributed by atoms with van der Waals surface area (Å²) in [5.41, 5.74) is 5.01. The maximum absolute atomic E-state index is 9.70. The van der Waals surface area contributed by atoms with Gasteiger partial charge in [0, 0.05) is 6.42 Å². The highest BCUT2D eigenvalue weighted by atomic mass is 16.4. The second kappa shape index (κ2) is 11.3. The minimum absolute atomic E-state index is 0.191. The zero-order valence-corrected chi connectivity index (χ0v) is 7.39. The van der Waals surface area contributed by atoms with E-state index in [1.807, 2.05) is 0 Å². The summed E-state index contributed by atoms with van der Waals surface area (Å²) in [5.74, 6) is -0.773. The van der Waals surface area contributed by atoms with Gasteiger partial charge in [-0.1, -0.05) is 0 Å². The first-order valence-electron chi connectivity index (χ1n) is 3.90. The minimum atomic E-state index is -0.954. The molecule has 0 aliphatic heterocycles. The molecular weight excluding hydrogens is 178 g/mol. The molecule has 0 amide bonds. The lowest BCUT2D eigenvalue weighted by molar-refractivity contribution is -0.137. The molecule has 0 aliphatic rings. The van der Waals surface area contributed by atoms with Crippen molar-refractivity contribution in [2.75, 3.05) is 19.8 Å². The molecule has 6 N–H and O–H groups in total. The van der Waals surface area contributed by atoms with Gasteiger partial charge in [-0.3, -0.25) is 4.79 Å². The number of nitrogens with two attached hydrogens (primary N) is 1. The number of aliphatic carboxylic acids is 1. The fraction of sp³-hybridized carbons (Fsp3) is 0.857. The first kappa shape index (κ1) is 14.8. The standard InChI is InChI=1S/C4H9NO2.C3H8O3/c5-3-1-2-4(6)7;4-1-3(6)2-5/h1-3,5H2,(H,6,7);3-6H,1-2H2. The van der Waals surface area contributed by atoms with E-state index in [1.54, 1.807) is 0 Å². The average Bonchev–Trinajstić information content (AvgIpc) is 2.14. The molecular formula is C7H17NO5. The highest BCUT2D eigenvalue weighted by Gasteiger charge is 1.93. The molecule has 80 valence electrons. The van der Waals surface area contributed by atoms with Crippen molar-refractivity contribution in [1.82, 2.24) is 0 Å². The molecule has 0 radical (unpaired) electrons. The number of hydrogen-bond acceptors (Lipinski definition) is 5. The molecule has 13 heavy (non-hydrogen) atoms. The van der Waals surface area contributed by atoms with E-state index in [-0.39, 0.29) is 19.6 Å². The molecule has 0 fully saturated rings. The van der Waals surface area contributed by atoms with E-state index in [0.717, 1.165) is 0 Å². The number of carbonyl (C=O) groups is 1. The van der Waals surface area contributed by atoms with Crippen LogP contribution >= 0.6 is 0 Å². The van der Waals surface area contributed by atoms with Crippen LogP contribution in [0.15, 0.2) is 0 Å². The van der Waals surface area contributed by atoms with Crippen LogP contribution in [0.5, 0.6) is 0 Å². The Hall–Kier alpha value is -0.690. The normalized spacial score (nSPS) is 9.31. The summed E-state index contributed by atoms with van der Waals surface area (Å²) in [6.45, 7) is -0.265. The highest BCUT2D eigenvalue weighted by molar-refractivity contribution is 5.66. The Morgan fingerprint density at radius 3 is 1.85 bits per heavy atom. The van der Waals surface area contributed by atoms with Crippen LogP contribution in [0.2, 0.25) is 0 Å². The third-order valence-electron chi connectivity index (χ3n) is 1.02. The Morgan fingerprint density at radius 2 is 1.77 bits per heavy atom. The average molecular weight is 195 g/mol. The monoisotopic (exact) mass is 195 g/mol. The van der Waals surface area contributed by atoms with Crippen LogP contribution in [-0.2, 0) is 4.79 Å². The fourth-order valence-electron chi connectivity index (χ4n) is 0.311. The van der Waals surface area contributed by atoms with Crippen LogP contribution in [0, 0.1) is 0 Å². The van der Waals surface area contributed by atoms with E-state index in [0.29, 0.717) is 13.0 Å². The number of aliphatic hydroxyl groups is 3. The largest absolute Gasteiger partial charge is 0.481 e. The first-order valence-corrected chi connectivity index (χ1v) is 3.90. The SMILES string of the molecule is NCCCC(=O)O.OCC(O)CO. The number of carboxylic acid groups (broad SMARTS) is 1. The van der Waals surface area contributed by atoms with Gasteiger partial charge in [0.1, 0.15) is 6.10 Å². The molecule has 0 bridgehead atoms. The van der Waals surface area contributed by atoms with E-state index >= 15 is 0 Å². The van der Waals surface area contributed by atoms with Crippen LogP contribution in [0.1, 0.15) is 12.8 Å². The van der Waals surface area contributed by atoms with Crippen molar-refractivity contribution in [1.29, 1.82) is 0 Å². The van der Waals surface area contributed by atoms with Gasteiger partial charge in [0.05, 0.1) is 13.2 Å². The topological polar surface area (TPSA) is 124 Å². The summed E-state index contributed by atoms with van der Waals surface area (Å²) >= 11 is 0. The maximum Gasteiger partial charge on any atom is 0.303 e. The van der Waals surface area contributed by atoms with E-state index in [9.17, 15) is 4.79 Å². The second-order valence-electron chi connectivity index (χ2n) is 2.30. The van der Waals surface area contributed by atoms with Gasteiger partial charge in [0.15, 0.2) is 0 Å². The molecule has 0 aliphatic carbocycles. The third-order valence-corrected chi connectivity index (χ3v) is 1.02. The van der Waals surface area contributed by atoms with Crippen molar-refractivity contribution >= 4 is 5.97 Å². The molecule has 0 saturated carbocycles. The fourth-order valence-corrected chi connectivity index (χ4v) is 0.311. The summed E-state index contributed by atoms with van der Waals surface area (Å²) in [6, 6.07) is 0. The lowest BCUT2D eigenvalue weighted by Gasteiger charge is -1.96. The lowest BCUT2D eigenvalue weighted by Crippen LogP contribution is -2.15. The Labute approximate surface area is 76.6 Å².